The minimum atomic E-state index is 0. The predicted molar refractivity (Wildman–Crippen MR) is 130 cm³/mol. The molecular formula is C26H30Cl2N2. The van der Waals surface area contributed by atoms with Gasteiger partial charge in [-0.3, -0.25) is 9.80 Å². The van der Waals surface area contributed by atoms with Crippen LogP contribution < -0.4 is 0 Å². The zero-order chi connectivity index (χ0) is 18.8. The van der Waals surface area contributed by atoms with E-state index in [1.165, 1.54) is 28.8 Å². The largest absolute Gasteiger partial charge is 0.300 e. The van der Waals surface area contributed by atoms with E-state index in [-0.39, 0.29) is 24.8 Å². The van der Waals surface area contributed by atoms with E-state index in [0.29, 0.717) is 12.0 Å². The van der Waals surface area contributed by atoms with Gasteiger partial charge in [0, 0.05) is 44.7 Å². The van der Waals surface area contributed by atoms with Crippen LogP contribution >= 0.6 is 24.8 Å². The summed E-state index contributed by atoms with van der Waals surface area (Å²) < 4.78 is 0. The van der Waals surface area contributed by atoms with E-state index in [2.05, 4.69) is 94.7 Å². The molecule has 2 aliphatic rings. The highest BCUT2D eigenvalue weighted by Crippen LogP contribution is 2.40. The minimum absolute atomic E-state index is 0. The van der Waals surface area contributed by atoms with Crippen LogP contribution in [0.25, 0.3) is 0 Å². The molecule has 1 fully saturated rings. The van der Waals surface area contributed by atoms with Gasteiger partial charge in [-0.15, -0.1) is 24.8 Å². The molecule has 2 heterocycles. The van der Waals surface area contributed by atoms with Crippen molar-refractivity contribution in [3.05, 3.63) is 107 Å². The van der Waals surface area contributed by atoms with Crippen LogP contribution in [0, 0.1) is 0 Å². The van der Waals surface area contributed by atoms with Crippen molar-refractivity contribution in [2.75, 3.05) is 32.7 Å². The molecule has 0 unspecified atom stereocenters. The predicted octanol–water partition coefficient (Wildman–Crippen LogP) is 5.58. The lowest BCUT2D eigenvalue weighted by Gasteiger charge is -2.47. The molecule has 2 nitrogen and oxygen atoms in total. The quantitative estimate of drug-likeness (QED) is 0.522. The number of benzene rings is 3. The van der Waals surface area contributed by atoms with Crippen molar-refractivity contribution in [3.63, 3.8) is 0 Å². The first-order valence-electron chi connectivity index (χ1n) is 10.5. The Hall–Kier alpha value is -1.84. The van der Waals surface area contributed by atoms with Crippen molar-refractivity contribution in [1.29, 1.82) is 0 Å². The summed E-state index contributed by atoms with van der Waals surface area (Å²) >= 11 is 0. The molecule has 0 spiro atoms. The van der Waals surface area contributed by atoms with Gasteiger partial charge in [-0.05, 0) is 28.7 Å². The second-order valence-corrected chi connectivity index (χ2v) is 8.14. The van der Waals surface area contributed by atoms with E-state index >= 15 is 0 Å². The van der Waals surface area contributed by atoms with Gasteiger partial charge in [0.05, 0.1) is 0 Å². The summed E-state index contributed by atoms with van der Waals surface area (Å²) in [7, 11) is 0. The van der Waals surface area contributed by atoms with Gasteiger partial charge in [0.25, 0.3) is 0 Å². The third-order valence-electron chi connectivity index (χ3n) is 6.48. The van der Waals surface area contributed by atoms with Crippen molar-refractivity contribution in [3.8, 4) is 0 Å². The van der Waals surface area contributed by atoms with Gasteiger partial charge in [-0.25, -0.2) is 0 Å². The number of fused-ring (bicyclic) bond motifs is 3. The highest BCUT2D eigenvalue weighted by molar-refractivity contribution is 5.85. The second-order valence-electron chi connectivity index (χ2n) is 8.14. The zero-order valence-corrected chi connectivity index (χ0v) is 18.8. The fourth-order valence-electron chi connectivity index (χ4n) is 4.96. The van der Waals surface area contributed by atoms with Crippen LogP contribution in [0.2, 0.25) is 0 Å². The summed E-state index contributed by atoms with van der Waals surface area (Å²) in [5, 5.41) is 0. The van der Waals surface area contributed by atoms with Crippen molar-refractivity contribution < 1.29 is 0 Å². The van der Waals surface area contributed by atoms with E-state index in [4.69, 9.17) is 0 Å². The van der Waals surface area contributed by atoms with Gasteiger partial charge in [0.15, 0.2) is 0 Å². The van der Waals surface area contributed by atoms with Gasteiger partial charge in [0.2, 0.25) is 0 Å². The first kappa shape index (κ1) is 22.8. The zero-order valence-electron chi connectivity index (χ0n) is 17.2. The summed E-state index contributed by atoms with van der Waals surface area (Å²) in [6, 6.07) is 31.6. The highest BCUT2D eigenvalue weighted by Gasteiger charge is 2.36. The Labute approximate surface area is 192 Å². The maximum Gasteiger partial charge on any atom is 0.0479 e. The molecule has 1 saturated heterocycles. The van der Waals surface area contributed by atoms with Crippen LogP contribution in [0.4, 0.5) is 0 Å². The van der Waals surface area contributed by atoms with Crippen LogP contribution in [-0.4, -0.2) is 42.5 Å². The van der Waals surface area contributed by atoms with Crippen LogP contribution in [0.15, 0.2) is 84.9 Å². The first-order valence-corrected chi connectivity index (χ1v) is 10.5. The number of halogens is 2. The number of rotatable bonds is 4. The van der Waals surface area contributed by atoms with Crippen LogP contribution in [0.5, 0.6) is 0 Å². The van der Waals surface area contributed by atoms with Crippen LogP contribution in [-0.2, 0) is 6.42 Å². The Morgan fingerprint density at radius 2 is 1.30 bits per heavy atom. The average molecular weight is 441 g/mol. The third kappa shape index (κ3) is 4.73. The van der Waals surface area contributed by atoms with Crippen molar-refractivity contribution in [2.45, 2.75) is 18.4 Å². The molecule has 0 bridgehead atoms. The molecule has 0 saturated carbocycles. The molecule has 3 aromatic carbocycles. The SMILES string of the molecule is Cl.Cl.c1ccc(CCN2CCN3C[C@@H](c4ccccc4)c4ccccc4[C@@H]3C2)cc1. The summed E-state index contributed by atoms with van der Waals surface area (Å²) in [6.45, 7) is 5.77. The molecule has 0 amide bonds. The van der Waals surface area contributed by atoms with Gasteiger partial charge >= 0.3 is 0 Å². The standard InChI is InChI=1S/C26H28N2.2ClH/c1-3-9-21(10-4-1)15-16-27-17-18-28-19-25(22-11-5-2-6-12-22)23-13-7-8-14-24(23)26(28)20-27;;/h1-14,25-26H,15-20H2;2*1H/t25-,26-;;/m0../s1. The molecule has 4 heteroatoms. The van der Waals surface area contributed by atoms with Gasteiger partial charge in [0.1, 0.15) is 0 Å². The van der Waals surface area contributed by atoms with Crippen molar-refractivity contribution in [1.82, 2.24) is 9.80 Å². The summed E-state index contributed by atoms with van der Waals surface area (Å²) in [6.07, 6.45) is 1.14. The minimum Gasteiger partial charge on any atom is -0.300 e. The molecule has 30 heavy (non-hydrogen) atoms. The summed E-state index contributed by atoms with van der Waals surface area (Å²) in [5.41, 5.74) is 5.95. The van der Waals surface area contributed by atoms with Gasteiger partial charge < -0.3 is 0 Å². The Morgan fingerprint density at radius 3 is 2.03 bits per heavy atom. The fourth-order valence-corrected chi connectivity index (χ4v) is 4.96. The number of hydrogen-bond donors (Lipinski definition) is 0. The average Bonchev–Trinajstić information content (AvgIpc) is 2.78. The molecule has 2 atom stereocenters. The molecule has 5 rings (SSSR count). The maximum atomic E-state index is 2.72. The van der Waals surface area contributed by atoms with E-state index in [0.717, 1.165) is 32.6 Å². The Kier molecular flexibility index (Phi) is 7.96. The van der Waals surface area contributed by atoms with E-state index < -0.39 is 0 Å². The molecular weight excluding hydrogens is 411 g/mol. The summed E-state index contributed by atoms with van der Waals surface area (Å²) in [5.74, 6) is 0.490. The van der Waals surface area contributed by atoms with Crippen LogP contribution in [0.1, 0.15) is 34.2 Å². The maximum absolute atomic E-state index is 2.72. The number of hydrogen-bond acceptors (Lipinski definition) is 2. The lowest BCUT2D eigenvalue weighted by molar-refractivity contribution is 0.0633. The Morgan fingerprint density at radius 1 is 0.667 bits per heavy atom. The second kappa shape index (κ2) is 10.5. The molecule has 0 N–H and O–H groups in total. The van der Waals surface area contributed by atoms with Crippen molar-refractivity contribution in [2.24, 2.45) is 0 Å². The number of piperazine rings is 1. The van der Waals surface area contributed by atoms with Crippen LogP contribution in [0.3, 0.4) is 0 Å². The van der Waals surface area contributed by atoms with Crippen molar-refractivity contribution >= 4 is 24.8 Å². The normalized spacial score (nSPS) is 20.9. The Bertz CT molecular complexity index is 917. The van der Waals surface area contributed by atoms with Gasteiger partial charge in [-0.2, -0.15) is 0 Å². The van der Waals surface area contributed by atoms with Gasteiger partial charge in [-0.1, -0.05) is 84.9 Å². The highest BCUT2D eigenvalue weighted by atomic mass is 35.5. The Balaban J connectivity index is 0.00000128. The summed E-state index contributed by atoms with van der Waals surface area (Å²) in [4.78, 5) is 5.38. The molecule has 2 aliphatic heterocycles. The topological polar surface area (TPSA) is 6.48 Å². The molecule has 0 aliphatic carbocycles. The number of nitrogens with zero attached hydrogens (tertiary/aromatic N) is 2. The first-order chi connectivity index (χ1) is 13.9. The molecule has 0 aromatic heterocycles. The molecule has 3 aromatic rings. The van der Waals surface area contributed by atoms with E-state index in [9.17, 15) is 0 Å². The molecule has 0 radical (unpaired) electrons. The fraction of sp³-hybridized carbons (Fsp3) is 0.308. The third-order valence-corrected chi connectivity index (χ3v) is 6.48. The lowest BCUT2D eigenvalue weighted by Crippen LogP contribution is -2.52. The van der Waals surface area contributed by atoms with E-state index in [1.54, 1.807) is 0 Å². The lowest BCUT2D eigenvalue weighted by atomic mass is 9.80. The molecule has 158 valence electrons. The van der Waals surface area contributed by atoms with E-state index in [1.807, 2.05) is 0 Å². The monoisotopic (exact) mass is 440 g/mol. The smallest absolute Gasteiger partial charge is 0.0479 e.